The van der Waals surface area contributed by atoms with Gasteiger partial charge in [0.05, 0.1) is 5.41 Å². The Hall–Kier alpha value is -1.88. The lowest BCUT2D eigenvalue weighted by Crippen LogP contribution is -2.55. The van der Waals surface area contributed by atoms with Crippen molar-refractivity contribution in [3.8, 4) is 0 Å². The summed E-state index contributed by atoms with van der Waals surface area (Å²) in [6, 6.07) is 7.35. The molecular weight excluding hydrogens is 266 g/mol. The van der Waals surface area contributed by atoms with E-state index in [9.17, 15) is 9.59 Å². The number of hydrogen-bond acceptors (Lipinski definition) is 3. The summed E-state index contributed by atoms with van der Waals surface area (Å²) in [4.78, 5) is 23.2. The number of hydrogen-bond donors (Lipinski definition) is 3. The van der Waals surface area contributed by atoms with Gasteiger partial charge in [0.25, 0.3) is 0 Å². The van der Waals surface area contributed by atoms with Gasteiger partial charge >= 0.3 is 0 Å². The molecule has 4 N–H and O–H groups in total. The molecule has 1 aromatic carbocycles. The molecule has 0 saturated heterocycles. The van der Waals surface area contributed by atoms with Crippen LogP contribution in [0.1, 0.15) is 40.2 Å². The monoisotopic (exact) mass is 291 g/mol. The number of amides is 2. The van der Waals surface area contributed by atoms with E-state index in [1.165, 1.54) is 6.92 Å². The first-order valence-electron chi connectivity index (χ1n) is 6.98. The Balaban J connectivity index is 2.63. The minimum Gasteiger partial charge on any atom is -0.352 e. The molecule has 0 aromatic heterocycles. The van der Waals surface area contributed by atoms with Crippen molar-refractivity contribution in [3.05, 3.63) is 29.8 Å². The summed E-state index contributed by atoms with van der Waals surface area (Å²) in [5.41, 5.74) is 6.48. The summed E-state index contributed by atoms with van der Waals surface area (Å²) in [5.74, 6) is -0.191. The number of anilines is 1. The Morgan fingerprint density at radius 3 is 2.05 bits per heavy atom. The third-order valence-electron chi connectivity index (χ3n) is 3.91. The van der Waals surface area contributed by atoms with Gasteiger partial charge in [-0.2, -0.15) is 0 Å². The molecule has 1 rings (SSSR count). The van der Waals surface area contributed by atoms with Crippen molar-refractivity contribution in [2.75, 3.05) is 5.32 Å². The molecule has 116 valence electrons. The van der Waals surface area contributed by atoms with Crippen LogP contribution in [0.3, 0.4) is 0 Å². The average molecular weight is 291 g/mol. The smallest absolute Gasteiger partial charge is 0.227 e. The van der Waals surface area contributed by atoms with Crippen molar-refractivity contribution in [1.29, 1.82) is 0 Å². The highest BCUT2D eigenvalue weighted by Crippen LogP contribution is 2.28. The zero-order valence-electron chi connectivity index (χ0n) is 13.4. The normalized spacial score (nSPS) is 11.9. The van der Waals surface area contributed by atoms with E-state index in [0.29, 0.717) is 6.54 Å². The zero-order chi connectivity index (χ0) is 16.3. The van der Waals surface area contributed by atoms with E-state index in [-0.39, 0.29) is 11.8 Å². The number of carbonyl (C=O) groups excluding carboxylic acids is 2. The predicted octanol–water partition coefficient (Wildman–Crippen LogP) is 2.02. The Kier molecular flexibility index (Phi) is 5.12. The van der Waals surface area contributed by atoms with Crippen molar-refractivity contribution >= 4 is 17.5 Å². The van der Waals surface area contributed by atoms with E-state index < -0.39 is 11.0 Å². The van der Waals surface area contributed by atoms with Gasteiger partial charge in [0.15, 0.2) is 0 Å². The van der Waals surface area contributed by atoms with Gasteiger partial charge < -0.3 is 16.4 Å². The Morgan fingerprint density at radius 2 is 1.62 bits per heavy atom. The van der Waals surface area contributed by atoms with Crippen LogP contribution in [0.2, 0.25) is 0 Å². The number of carbonyl (C=O) groups is 2. The quantitative estimate of drug-likeness (QED) is 0.776. The first kappa shape index (κ1) is 17.2. The SMILES string of the molecule is CC(=O)Nc1ccc(CNC(=O)C(C)(C)C(C)(C)N)cc1. The molecule has 0 aliphatic rings. The Morgan fingerprint density at radius 1 is 1.10 bits per heavy atom. The van der Waals surface area contributed by atoms with E-state index in [1.807, 2.05) is 39.8 Å². The highest BCUT2D eigenvalue weighted by Gasteiger charge is 2.40. The van der Waals surface area contributed by atoms with Crippen LogP contribution < -0.4 is 16.4 Å². The van der Waals surface area contributed by atoms with Crippen molar-refractivity contribution in [2.24, 2.45) is 11.1 Å². The molecule has 0 aliphatic heterocycles. The molecule has 0 saturated carbocycles. The van der Waals surface area contributed by atoms with Gasteiger partial charge in [-0.25, -0.2) is 0 Å². The third kappa shape index (κ3) is 4.56. The summed E-state index contributed by atoms with van der Waals surface area (Å²) in [6.45, 7) is 9.25. The molecule has 0 atom stereocenters. The molecule has 21 heavy (non-hydrogen) atoms. The fraction of sp³-hybridized carbons (Fsp3) is 0.500. The molecule has 0 radical (unpaired) electrons. The van der Waals surface area contributed by atoms with Gasteiger partial charge in [0.1, 0.15) is 0 Å². The van der Waals surface area contributed by atoms with E-state index >= 15 is 0 Å². The van der Waals surface area contributed by atoms with E-state index in [0.717, 1.165) is 11.3 Å². The fourth-order valence-corrected chi connectivity index (χ4v) is 1.61. The van der Waals surface area contributed by atoms with Crippen LogP contribution in [0, 0.1) is 5.41 Å². The standard InChI is InChI=1S/C16H25N3O2/c1-11(20)19-13-8-6-12(7-9-13)10-18-14(21)15(2,3)16(4,5)17/h6-9H,10,17H2,1-5H3,(H,18,21)(H,19,20). The Labute approximate surface area is 126 Å². The molecule has 0 unspecified atom stereocenters. The molecule has 0 aliphatic carbocycles. The summed E-state index contributed by atoms with van der Waals surface area (Å²) >= 11 is 0. The van der Waals surface area contributed by atoms with Gasteiger partial charge in [-0.3, -0.25) is 9.59 Å². The predicted molar refractivity (Wildman–Crippen MR) is 84.6 cm³/mol. The minimum atomic E-state index is -0.664. The molecule has 2 amide bonds. The zero-order valence-corrected chi connectivity index (χ0v) is 13.4. The summed E-state index contributed by atoms with van der Waals surface area (Å²) in [6.07, 6.45) is 0. The van der Waals surface area contributed by atoms with E-state index in [1.54, 1.807) is 12.1 Å². The number of nitrogens with two attached hydrogens (primary N) is 1. The van der Waals surface area contributed by atoms with Crippen LogP contribution in [0.4, 0.5) is 5.69 Å². The number of benzene rings is 1. The highest BCUT2D eigenvalue weighted by atomic mass is 16.2. The van der Waals surface area contributed by atoms with Crippen LogP contribution in [0.15, 0.2) is 24.3 Å². The third-order valence-corrected chi connectivity index (χ3v) is 3.91. The lowest BCUT2D eigenvalue weighted by Gasteiger charge is -2.36. The second kappa shape index (κ2) is 6.26. The lowest BCUT2D eigenvalue weighted by atomic mass is 9.74. The van der Waals surface area contributed by atoms with Crippen molar-refractivity contribution in [2.45, 2.75) is 46.7 Å². The molecule has 5 heteroatoms. The lowest BCUT2D eigenvalue weighted by molar-refractivity contribution is -0.132. The van der Waals surface area contributed by atoms with Crippen LogP contribution >= 0.6 is 0 Å². The van der Waals surface area contributed by atoms with Gasteiger partial charge in [-0.05, 0) is 45.4 Å². The maximum atomic E-state index is 12.2. The summed E-state index contributed by atoms with van der Waals surface area (Å²) in [5, 5.41) is 5.60. The first-order valence-corrected chi connectivity index (χ1v) is 6.98. The van der Waals surface area contributed by atoms with Crippen molar-refractivity contribution < 1.29 is 9.59 Å². The molecular formula is C16H25N3O2. The maximum absolute atomic E-state index is 12.2. The van der Waals surface area contributed by atoms with Crippen molar-refractivity contribution in [1.82, 2.24) is 5.32 Å². The summed E-state index contributed by atoms with van der Waals surface area (Å²) < 4.78 is 0. The molecule has 0 bridgehead atoms. The van der Waals surface area contributed by atoms with E-state index in [2.05, 4.69) is 10.6 Å². The molecule has 0 spiro atoms. The maximum Gasteiger partial charge on any atom is 0.227 e. The second-order valence-electron chi connectivity index (χ2n) is 6.41. The van der Waals surface area contributed by atoms with Crippen LogP contribution in [0.5, 0.6) is 0 Å². The fourth-order valence-electron chi connectivity index (χ4n) is 1.61. The Bertz CT molecular complexity index is 513. The number of nitrogens with one attached hydrogen (secondary N) is 2. The minimum absolute atomic E-state index is 0.0825. The largest absolute Gasteiger partial charge is 0.352 e. The number of rotatable bonds is 5. The molecule has 5 nitrogen and oxygen atoms in total. The topological polar surface area (TPSA) is 84.2 Å². The second-order valence-corrected chi connectivity index (χ2v) is 6.41. The first-order chi connectivity index (χ1) is 9.54. The van der Waals surface area contributed by atoms with Crippen molar-refractivity contribution in [3.63, 3.8) is 0 Å². The van der Waals surface area contributed by atoms with Crippen LogP contribution in [-0.4, -0.2) is 17.4 Å². The molecule has 0 heterocycles. The van der Waals surface area contributed by atoms with Gasteiger partial charge in [0.2, 0.25) is 11.8 Å². The molecule has 1 aromatic rings. The summed E-state index contributed by atoms with van der Waals surface area (Å²) in [7, 11) is 0. The van der Waals surface area contributed by atoms with Crippen LogP contribution in [-0.2, 0) is 16.1 Å². The van der Waals surface area contributed by atoms with Crippen LogP contribution in [0.25, 0.3) is 0 Å². The van der Waals surface area contributed by atoms with Gasteiger partial charge in [-0.15, -0.1) is 0 Å². The van der Waals surface area contributed by atoms with E-state index in [4.69, 9.17) is 5.73 Å². The average Bonchev–Trinajstić information content (AvgIpc) is 2.35. The highest BCUT2D eigenvalue weighted by molar-refractivity contribution is 5.88. The van der Waals surface area contributed by atoms with Gasteiger partial charge in [-0.1, -0.05) is 12.1 Å². The van der Waals surface area contributed by atoms with Gasteiger partial charge in [0, 0.05) is 24.7 Å². The molecule has 0 fully saturated rings.